The lowest BCUT2D eigenvalue weighted by Crippen LogP contribution is -2.24. The number of hydrogen-bond donors (Lipinski definition) is 0. The predicted octanol–water partition coefficient (Wildman–Crippen LogP) is 4.67. The van der Waals surface area contributed by atoms with Gasteiger partial charge in [0.2, 0.25) is 0 Å². The number of benzene rings is 2. The molecular weight excluding hydrogens is 251 g/mol. The molecule has 2 aromatic rings. The van der Waals surface area contributed by atoms with Crippen LogP contribution in [-0.2, 0) is 10.7 Å². The van der Waals surface area contributed by atoms with Gasteiger partial charge in [-0.15, -0.1) is 0 Å². The quantitative estimate of drug-likeness (QED) is 0.742. The van der Waals surface area contributed by atoms with Crippen LogP contribution in [0, 0.1) is 0 Å². The summed E-state index contributed by atoms with van der Waals surface area (Å²) in [5, 5.41) is 0.746. The molecule has 1 atom stereocenters. The molecule has 0 saturated heterocycles. The first-order valence-electron chi connectivity index (χ1n) is 6.62. The van der Waals surface area contributed by atoms with Crippen LogP contribution in [0.4, 0.5) is 0 Å². The predicted molar refractivity (Wildman–Crippen MR) is 83.6 cm³/mol. The van der Waals surface area contributed by atoms with Gasteiger partial charge in [0.1, 0.15) is 7.14 Å². The molecule has 2 heteroatoms. The molecule has 100 valence electrons. The SMILES string of the molecule is CC(C)(C)[P@](=O)(Cc1ccccc1)c1ccccc1. The standard InChI is InChI=1S/C17H21OP/c1-17(2,3)19(18,16-12-8-5-9-13-16)14-15-10-6-4-7-11-15/h4-13H,14H2,1-3H3/t19-/m0/s1. The Labute approximate surface area is 116 Å². The zero-order chi connectivity index (χ0) is 13.9. The Morgan fingerprint density at radius 1 is 0.842 bits per heavy atom. The second kappa shape index (κ2) is 5.35. The third-order valence-electron chi connectivity index (χ3n) is 3.50. The first kappa shape index (κ1) is 14.1. The maximum Gasteiger partial charge on any atom is 0.124 e. The van der Waals surface area contributed by atoms with Crippen LogP contribution >= 0.6 is 7.14 Å². The molecule has 0 amide bonds. The van der Waals surface area contributed by atoms with Crippen molar-refractivity contribution in [2.45, 2.75) is 32.1 Å². The molecule has 0 aliphatic heterocycles. The van der Waals surface area contributed by atoms with Crippen LogP contribution in [0.25, 0.3) is 0 Å². The fraction of sp³-hybridized carbons (Fsp3) is 0.294. The largest absolute Gasteiger partial charge is 0.318 e. The second-order valence-electron chi connectivity index (χ2n) is 5.89. The van der Waals surface area contributed by atoms with Gasteiger partial charge in [-0.1, -0.05) is 81.4 Å². The third kappa shape index (κ3) is 2.98. The van der Waals surface area contributed by atoms with Crippen LogP contribution in [-0.4, -0.2) is 5.16 Å². The maximum atomic E-state index is 13.6. The van der Waals surface area contributed by atoms with E-state index in [-0.39, 0.29) is 5.16 Å². The summed E-state index contributed by atoms with van der Waals surface area (Å²) >= 11 is 0. The van der Waals surface area contributed by atoms with Crippen molar-refractivity contribution in [1.29, 1.82) is 0 Å². The lowest BCUT2D eigenvalue weighted by molar-refractivity contribution is 0.555. The Balaban J connectivity index is 2.46. The van der Waals surface area contributed by atoms with Gasteiger partial charge in [0.25, 0.3) is 0 Å². The van der Waals surface area contributed by atoms with Gasteiger partial charge in [-0.05, 0) is 5.56 Å². The molecule has 0 saturated carbocycles. The van der Waals surface area contributed by atoms with E-state index in [0.717, 1.165) is 10.9 Å². The first-order chi connectivity index (χ1) is 8.93. The van der Waals surface area contributed by atoms with Crippen LogP contribution in [0.3, 0.4) is 0 Å². The molecule has 2 aromatic carbocycles. The highest BCUT2D eigenvalue weighted by Gasteiger charge is 2.37. The number of hydrogen-bond acceptors (Lipinski definition) is 1. The molecule has 0 aromatic heterocycles. The third-order valence-corrected chi connectivity index (χ3v) is 7.61. The van der Waals surface area contributed by atoms with Crippen LogP contribution in [0.1, 0.15) is 26.3 Å². The Hall–Kier alpha value is -1.33. The Morgan fingerprint density at radius 2 is 1.32 bits per heavy atom. The van der Waals surface area contributed by atoms with Crippen LogP contribution < -0.4 is 5.30 Å². The van der Waals surface area contributed by atoms with Gasteiger partial charge in [0, 0.05) is 16.6 Å². The summed E-state index contributed by atoms with van der Waals surface area (Å²) in [6.07, 6.45) is 0.626. The maximum absolute atomic E-state index is 13.6. The van der Waals surface area contributed by atoms with Crippen molar-refractivity contribution in [2.24, 2.45) is 0 Å². The summed E-state index contributed by atoms with van der Waals surface area (Å²) in [5.41, 5.74) is 1.14. The second-order valence-corrected chi connectivity index (χ2v) is 9.54. The van der Waals surface area contributed by atoms with Crippen molar-refractivity contribution in [3.8, 4) is 0 Å². The molecule has 0 aliphatic carbocycles. The average molecular weight is 272 g/mol. The van der Waals surface area contributed by atoms with Gasteiger partial charge >= 0.3 is 0 Å². The summed E-state index contributed by atoms with van der Waals surface area (Å²) in [6, 6.07) is 20.0. The molecule has 1 nitrogen and oxygen atoms in total. The zero-order valence-electron chi connectivity index (χ0n) is 11.8. The minimum atomic E-state index is -2.48. The van der Waals surface area contributed by atoms with Crippen LogP contribution in [0.5, 0.6) is 0 Å². The van der Waals surface area contributed by atoms with E-state index >= 15 is 0 Å². The number of rotatable bonds is 3. The molecular formula is C17H21OP. The van der Waals surface area contributed by atoms with Crippen molar-refractivity contribution < 1.29 is 4.57 Å². The van der Waals surface area contributed by atoms with Crippen molar-refractivity contribution >= 4 is 12.4 Å². The fourth-order valence-corrected chi connectivity index (χ4v) is 5.04. The summed E-state index contributed by atoms with van der Waals surface area (Å²) < 4.78 is 13.6. The highest BCUT2D eigenvalue weighted by Crippen LogP contribution is 2.58. The summed E-state index contributed by atoms with van der Waals surface area (Å²) in [5.74, 6) is 0. The van der Waals surface area contributed by atoms with Crippen molar-refractivity contribution in [2.75, 3.05) is 0 Å². The molecule has 0 radical (unpaired) electrons. The van der Waals surface area contributed by atoms with E-state index in [4.69, 9.17) is 0 Å². The highest BCUT2D eigenvalue weighted by atomic mass is 31.2. The Morgan fingerprint density at radius 3 is 1.79 bits per heavy atom. The van der Waals surface area contributed by atoms with Gasteiger partial charge in [0.15, 0.2) is 0 Å². The van der Waals surface area contributed by atoms with Gasteiger partial charge < -0.3 is 4.57 Å². The lowest BCUT2D eigenvalue weighted by Gasteiger charge is -2.32. The molecule has 0 bridgehead atoms. The van der Waals surface area contributed by atoms with Crippen LogP contribution in [0.2, 0.25) is 0 Å². The molecule has 2 rings (SSSR count). The summed E-state index contributed by atoms with van der Waals surface area (Å²) in [4.78, 5) is 0. The molecule has 0 heterocycles. The fourth-order valence-electron chi connectivity index (χ4n) is 2.23. The average Bonchev–Trinajstić information content (AvgIpc) is 2.39. The first-order valence-corrected chi connectivity index (χ1v) is 8.51. The van der Waals surface area contributed by atoms with E-state index < -0.39 is 7.14 Å². The minimum Gasteiger partial charge on any atom is -0.318 e. The highest BCUT2D eigenvalue weighted by molar-refractivity contribution is 7.72. The monoisotopic (exact) mass is 272 g/mol. The smallest absolute Gasteiger partial charge is 0.124 e. The van der Waals surface area contributed by atoms with E-state index in [2.05, 4.69) is 32.9 Å². The van der Waals surface area contributed by atoms with Crippen molar-refractivity contribution in [3.63, 3.8) is 0 Å². The molecule has 19 heavy (non-hydrogen) atoms. The molecule has 0 spiro atoms. The van der Waals surface area contributed by atoms with E-state index in [1.807, 2.05) is 48.5 Å². The zero-order valence-corrected chi connectivity index (χ0v) is 12.7. The molecule has 0 aliphatic rings. The summed E-state index contributed by atoms with van der Waals surface area (Å²) in [6.45, 7) is 6.22. The van der Waals surface area contributed by atoms with Gasteiger partial charge in [-0.3, -0.25) is 0 Å². The van der Waals surface area contributed by atoms with Gasteiger partial charge in [0.05, 0.1) is 0 Å². The van der Waals surface area contributed by atoms with Crippen molar-refractivity contribution in [3.05, 3.63) is 66.2 Å². The van der Waals surface area contributed by atoms with Gasteiger partial charge in [-0.25, -0.2) is 0 Å². The van der Waals surface area contributed by atoms with E-state index in [1.165, 1.54) is 0 Å². The normalized spacial score (nSPS) is 14.9. The van der Waals surface area contributed by atoms with Crippen LogP contribution in [0.15, 0.2) is 60.7 Å². The summed E-state index contributed by atoms with van der Waals surface area (Å²) in [7, 11) is -2.48. The topological polar surface area (TPSA) is 17.1 Å². The Bertz CT molecular complexity index is 567. The van der Waals surface area contributed by atoms with E-state index in [1.54, 1.807) is 0 Å². The lowest BCUT2D eigenvalue weighted by atomic mass is 10.2. The van der Waals surface area contributed by atoms with Crippen molar-refractivity contribution in [1.82, 2.24) is 0 Å². The molecule has 0 N–H and O–H groups in total. The van der Waals surface area contributed by atoms with E-state index in [9.17, 15) is 4.57 Å². The molecule has 0 unspecified atom stereocenters. The Kier molecular flexibility index (Phi) is 3.96. The minimum absolute atomic E-state index is 0.232. The van der Waals surface area contributed by atoms with Gasteiger partial charge in [-0.2, -0.15) is 0 Å². The molecule has 0 fully saturated rings. The van der Waals surface area contributed by atoms with E-state index in [0.29, 0.717) is 6.16 Å².